The highest BCUT2D eigenvalue weighted by atomic mass is 32.2. The van der Waals surface area contributed by atoms with Crippen molar-refractivity contribution >= 4 is 10.0 Å². The topological polar surface area (TPSA) is 85.9 Å². The van der Waals surface area contributed by atoms with Gasteiger partial charge >= 0.3 is 0 Å². The largest absolute Gasteiger partial charge is 0.336 e. The van der Waals surface area contributed by atoms with Crippen molar-refractivity contribution in [3.05, 3.63) is 25.2 Å². The Morgan fingerprint density at radius 1 is 1.36 bits per heavy atom. The van der Waals surface area contributed by atoms with Crippen LogP contribution in [-0.4, -0.2) is 50.1 Å². The molecule has 3 heterocycles. The minimum atomic E-state index is -3.54. The second-order valence-electron chi connectivity index (χ2n) is 5.98. The van der Waals surface area contributed by atoms with Gasteiger partial charge in [-0.2, -0.15) is 9.40 Å². The predicted molar refractivity (Wildman–Crippen MR) is 79.5 cm³/mol. The molecule has 1 aliphatic rings. The second-order valence-corrected chi connectivity index (χ2v) is 7.87. The fourth-order valence-electron chi connectivity index (χ4n) is 2.68. The van der Waals surface area contributed by atoms with Gasteiger partial charge in [-0.25, -0.2) is 23.1 Å². The Bertz CT molecular complexity index is 722. The molecule has 0 N–H and O–H groups in total. The van der Waals surface area contributed by atoms with Gasteiger partial charge in [0.25, 0.3) is 10.0 Å². The standard InChI is InChI=1S/C13H20N6O2S/c1-11(2)5-17-7-13(15-10-17)22(20,21)18-4-3-12(6-18)19-9-14-8-16-19/h7-12H,3-6H2,1-2H3. The Hall–Kier alpha value is -1.74. The van der Waals surface area contributed by atoms with Crippen LogP contribution in [0.2, 0.25) is 0 Å². The molecular weight excluding hydrogens is 304 g/mol. The molecule has 3 rings (SSSR count). The summed E-state index contributed by atoms with van der Waals surface area (Å²) in [6.07, 6.45) is 7.01. The lowest BCUT2D eigenvalue weighted by molar-refractivity contribution is 0.432. The third kappa shape index (κ3) is 2.91. The molecule has 0 aromatic carbocycles. The predicted octanol–water partition coefficient (Wildman–Crippen LogP) is 0.766. The number of sulfonamides is 1. The van der Waals surface area contributed by atoms with Crippen LogP contribution in [0.1, 0.15) is 26.3 Å². The molecule has 2 aromatic rings. The normalized spacial score (nSPS) is 20.0. The van der Waals surface area contributed by atoms with Gasteiger partial charge in [0.15, 0.2) is 5.03 Å². The molecule has 1 fully saturated rings. The van der Waals surface area contributed by atoms with E-state index >= 15 is 0 Å². The van der Waals surface area contributed by atoms with Crippen molar-refractivity contribution in [2.24, 2.45) is 5.92 Å². The third-order valence-electron chi connectivity index (χ3n) is 3.73. The maximum atomic E-state index is 12.7. The number of aromatic nitrogens is 5. The van der Waals surface area contributed by atoms with E-state index in [1.807, 2.05) is 4.57 Å². The summed E-state index contributed by atoms with van der Waals surface area (Å²) in [5.74, 6) is 0.438. The fourth-order valence-corrected chi connectivity index (χ4v) is 4.10. The number of hydrogen-bond donors (Lipinski definition) is 0. The van der Waals surface area contributed by atoms with Crippen LogP contribution in [0.4, 0.5) is 0 Å². The quantitative estimate of drug-likeness (QED) is 0.811. The van der Waals surface area contributed by atoms with Crippen LogP contribution in [-0.2, 0) is 16.6 Å². The van der Waals surface area contributed by atoms with Crippen LogP contribution in [0.25, 0.3) is 0 Å². The molecule has 1 atom stereocenters. The highest BCUT2D eigenvalue weighted by Crippen LogP contribution is 2.26. The van der Waals surface area contributed by atoms with Crippen LogP contribution in [0.5, 0.6) is 0 Å². The van der Waals surface area contributed by atoms with Gasteiger partial charge in [-0.1, -0.05) is 13.8 Å². The van der Waals surface area contributed by atoms with Crippen LogP contribution in [0.3, 0.4) is 0 Å². The average Bonchev–Trinajstić information content (AvgIpc) is 3.19. The van der Waals surface area contributed by atoms with Gasteiger partial charge in [0.05, 0.1) is 12.4 Å². The van der Waals surface area contributed by atoms with Gasteiger partial charge in [-0.3, -0.25) is 0 Å². The van der Waals surface area contributed by atoms with E-state index in [0.29, 0.717) is 19.0 Å². The van der Waals surface area contributed by atoms with E-state index in [-0.39, 0.29) is 11.1 Å². The van der Waals surface area contributed by atoms with Crippen molar-refractivity contribution in [3.63, 3.8) is 0 Å². The molecule has 22 heavy (non-hydrogen) atoms. The van der Waals surface area contributed by atoms with E-state index < -0.39 is 10.0 Å². The van der Waals surface area contributed by atoms with Gasteiger partial charge in [-0.05, 0) is 12.3 Å². The molecule has 0 saturated carbocycles. The molecule has 9 heteroatoms. The zero-order valence-corrected chi connectivity index (χ0v) is 13.5. The Kier molecular flexibility index (Phi) is 4.00. The van der Waals surface area contributed by atoms with Crippen LogP contribution in [0, 0.1) is 5.92 Å². The van der Waals surface area contributed by atoms with Crippen LogP contribution in [0.15, 0.2) is 30.2 Å². The van der Waals surface area contributed by atoms with E-state index in [1.165, 1.54) is 10.6 Å². The van der Waals surface area contributed by atoms with Gasteiger partial charge in [-0.15, -0.1) is 0 Å². The first-order chi connectivity index (χ1) is 10.5. The number of imidazole rings is 1. The van der Waals surface area contributed by atoms with Gasteiger partial charge in [0.2, 0.25) is 0 Å². The molecule has 0 aliphatic carbocycles. The SMILES string of the molecule is CC(C)Cn1cnc(S(=O)(=O)N2CCC(n3cncn3)C2)c1. The second kappa shape index (κ2) is 5.81. The minimum Gasteiger partial charge on any atom is -0.336 e. The van der Waals surface area contributed by atoms with Crippen molar-refractivity contribution in [1.29, 1.82) is 0 Å². The minimum absolute atomic E-state index is 0.0371. The Morgan fingerprint density at radius 3 is 2.86 bits per heavy atom. The Morgan fingerprint density at radius 2 is 2.18 bits per heavy atom. The number of rotatable bonds is 5. The summed E-state index contributed by atoms with van der Waals surface area (Å²) in [7, 11) is -3.54. The van der Waals surface area contributed by atoms with Gasteiger partial charge in [0.1, 0.15) is 12.7 Å². The fraction of sp³-hybridized carbons (Fsp3) is 0.615. The van der Waals surface area contributed by atoms with E-state index in [1.54, 1.807) is 23.5 Å². The first kappa shape index (κ1) is 15.2. The van der Waals surface area contributed by atoms with Crippen molar-refractivity contribution in [2.75, 3.05) is 13.1 Å². The molecule has 8 nitrogen and oxygen atoms in total. The summed E-state index contributed by atoms with van der Waals surface area (Å²) in [5.41, 5.74) is 0. The lowest BCUT2D eigenvalue weighted by Gasteiger charge is -2.14. The lowest BCUT2D eigenvalue weighted by atomic mass is 10.2. The highest BCUT2D eigenvalue weighted by Gasteiger charge is 2.35. The molecule has 1 unspecified atom stereocenters. The summed E-state index contributed by atoms with van der Waals surface area (Å²) in [6, 6.07) is 0.0371. The smallest absolute Gasteiger partial charge is 0.262 e. The summed E-state index contributed by atoms with van der Waals surface area (Å²) in [5, 5.41) is 4.21. The molecule has 0 spiro atoms. The van der Waals surface area contributed by atoms with Crippen LogP contribution < -0.4 is 0 Å². The summed E-state index contributed by atoms with van der Waals surface area (Å²) < 4.78 is 30.3. The van der Waals surface area contributed by atoms with Crippen molar-refractivity contribution < 1.29 is 8.42 Å². The lowest BCUT2D eigenvalue weighted by Crippen LogP contribution is -2.29. The monoisotopic (exact) mass is 324 g/mol. The Balaban J connectivity index is 1.75. The molecule has 120 valence electrons. The molecule has 2 aromatic heterocycles. The van der Waals surface area contributed by atoms with Gasteiger partial charge in [0, 0.05) is 25.8 Å². The number of hydrogen-bond acceptors (Lipinski definition) is 5. The maximum absolute atomic E-state index is 12.7. The van der Waals surface area contributed by atoms with E-state index in [0.717, 1.165) is 13.0 Å². The van der Waals surface area contributed by atoms with E-state index in [9.17, 15) is 8.42 Å². The van der Waals surface area contributed by atoms with E-state index in [2.05, 4.69) is 28.9 Å². The zero-order valence-electron chi connectivity index (χ0n) is 12.7. The van der Waals surface area contributed by atoms with Crippen LogP contribution >= 0.6 is 0 Å². The average molecular weight is 324 g/mol. The molecule has 1 saturated heterocycles. The van der Waals surface area contributed by atoms with Crippen molar-refractivity contribution in [1.82, 2.24) is 28.6 Å². The molecule has 1 aliphatic heterocycles. The summed E-state index contributed by atoms with van der Waals surface area (Å²) in [6.45, 7) is 5.80. The van der Waals surface area contributed by atoms with Crippen molar-refractivity contribution in [2.45, 2.75) is 37.9 Å². The first-order valence-corrected chi connectivity index (χ1v) is 8.77. The zero-order chi connectivity index (χ0) is 15.7. The third-order valence-corrected chi connectivity index (χ3v) is 5.48. The molecule has 0 amide bonds. The highest BCUT2D eigenvalue weighted by molar-refractivity contribution is 7.89. The Labute approximate surface area is 129 Å². The van der Waals surface area contributed by atoms with E-state index in [4.69, 9.17) is 0 Å². The van der Waals surface area contributed by atoms with Crippen molar-refractivity contribution in [3.8, 4) is 0 Å². The summed E-state index contributed by atoms with van der Waals surface area (Å²) >= 11 is 0. The first-order valence-electron chi connectivity index (χ1n) is 7.33. The summed E-state index contributed by atoms with van der Waals surface area (Å²) in [4.78, 5) is 7.98. The maximum Gasteiger partial charge on any atom is 0.262 e. The van der Waals surface area contributed by atoms with Gasteiger partial charge < -0.3 is 4.57 Å². The molecular formula is C13H20N6O2S. The molecule has 0 radical (unpaired) electrons. The number of nitrogens with zero attached hydrogens (tertiary/aromatic N) is 6. The molecule has 0 bridgehead atoms.